The van der Waals surface area contributed by atoms with E-state index in [1.807, 2.05) is 0 Å². The fraction of sp³-hybridized carbons (Fsp3) is 1.00. The summed E-state index contributed by atoms with van der Waals surface area (Å²) in [6.45, 7) is 9.51. The van der Waals surface area contributed by atoms with Crippen LogP contribution in [0.3, 0.4) is 0 Å². The molecule has 0 fully saturated rings. The number of rotatable bonds is 12. The number of halogens is 3. The summed E-state index contributed by atoms with van der Waals surface area (Å²) in [7, 11) is 0. The number of alkyl halides is 3. The van der Waals surface area contributed by atoms with Gasteiger partial charge in [-0.1, -0.05) is 27.7 Å². The number of hydrogen-bond acceptors (Lipinski definition) is 3. The highest BCUT2D eigenvalue weighted by molar-refractivity contribution is 4.77. The number of hydrogen-bond donors (Lipinski definition) is 1. The van der Waals surface area contributed by atoms with Crippen LogP contribution in [-0.2, 0) is 9.47 Å². The van der Waals surface area contributed by atoms with E-state index in [2.05, 4.69) is 19.2 Å². The Bertz CT molecular complexity index is 246. The highest BCUT2D eigenvalue weighted by Gasteiger charge is 2.40. The molecular formula is C15H30F3NO2. The monoisotopic (exact) mass is 313 g/mol. The fourth-order valence-electron chi connectivity index (χ4n) is 1.93. The van der Waals surface area contributed by atoms with Gasteiger partial charge in [-0.15, -0.1) is 0 Å². The van der Waals surface area contributed by atoms with Gasteiger partial charge in [-0.25, -0.2) is 0 Å². The van der Waals surface area contributed by atoms with Gasteiger partial charge in [0.05, 0.1) is 19.8 Å². The second-order valence-corrected chi connectivity index (χ2v) is 5.98. The molecule has 0 aliphatic rings. The summed E-state index contributed by atoms with van der Waals surface area (Å²) in [6, 6.07) is -1.48. The van der Waals surface area contributed by atoms with Gasteiger partial charge < -0.3 is 14.8 Å². The Morgan fingerprint density at radius 2 is 1.48 bits per heavy atom. The molecule has 1 atom stereocenters. The van der Waals surface area contributed by atoms with Gasteiger partial charge >= 0.3 is 6.18 Å². The third-order valence-corrected chi connectivity index (χ3v) is 3.07. The van der Waals surface area contributed by atoms with Gasteiger partial charge in [0.2, 0.25) is 0 Å². The van der Waals surface area contributed by atoms with E-state index < -0.39 is 18.1 Å². The molecule has 0 radical (unpaired) electrons. The summed E-state index contributed by atoms with van der Waals surface area (Å²) in [5, 5.41) is 2.49. The van der Waals surface area contributed by atoms with Crippen LogP contribution in [0.15, 0.2) is 0 Å². The zero-order chi connectivity index (χ0) is 16.3. The highest BCUT2D eigenvalue weighted by Crippen LogP contribution is 2.25. The van der Waals surface area contributed by atoms with Gasteiger partial charge in [0.1, 0.15) is 6.04 Å². The summed E-state index contributed by atoms with van der Waals surface area (Å²) in [5.41, 5.74) is 0. The Morgan fingerprint density at radius 1 is 0.905 bits per heavy atom. The van der Waals surface area contributed by atoms with Crippen LogP contribution >= 0.6 is 0 Å². The summed E-state index contributed by atoms with van der Waals surface area (Å²) in [6.07, 6.45) is -2.05. The van der Waals surface area contributed by atoms with Crippen LogP contribution in [0.4, 0.5) is 13.2 Å². The molecular weight excluding hydrogens is 283 g/mol. The average Bonchev–Trinajstić information content (AvgIpc) is 2.33. The van der Waals surface area contributed by atoms with Crippen LogP contribution in [0.25, 0.3) is 0 Å². The molecule has 0 aromatic carbocycles. The summed E-state index contributed by atoms with van der Waals surface area (Å²) in [4.78, 5) is 0. The van der Waals surface area contributed by atoms with E-state index in [1.165, 1.54) is 0 Å². The molecule has 21 heavy (non-hydrogen) atoms. The number of nitrogens with one attached hydrogen (secondary N) is 1. The van der Waals surface area contributed by atoms with Crippen LogP contribution < -0.4 is 5.32 Å². The molecule has 0 aromatic heterocycles. The zero-order valence-electron chi connectivity index (χ0n) is 13.6. The van der Waals surface area contributed by atoms with Crippen molar-refractivity contribution in [3.05, 3.63) is 0 Å². The topological polar surface area (TPSA) is 30.5 Å². The van der Waals surface area contributed by atoms with Crippen LogP contribution in [0.5, 0.6) is 0 Å². The van der Waals surface area contributed by atoms with Gasteiger partial charge in [0.15, 0.2) is 0 Å². The van der Waals surface area contributed by atoms with Crippen molar-refractivity contribution in [1.29, 1.82) is 0 Å². The lowest BCUT2D eigenvalue weighted by Crippen LogP contribution is -2.47. The van der Waals surface area contributed by atoms with Gasteiger partial charge in [-0.3, -0.25) is 0 Å². The molecule has 0 aliphatic heterocycles. The summed E-state index contributed by atoms with van der Waals surface area (Å²) in [5.74, 6) is 0.188. The molecule has 0 amide bonds. The normalized spacial score (nSPS) is 14.1. The molecule has 0 bridgehead atoms. The Balaban J connectivity index is 3.47. The lowest BCUT2D eigenvalue weighted by molar-refractivity contribution is -0.165. The molecule has 0 aliphatic carbocycles. The third-order valence-electron chi connectivity index (χ3n) is 3.07. The van der Waals surface area contributed by atoms with E-state index in [-0.39, 0.29) is 13.2 Å². The first-order valence-corrected chi connectivity index (χ1v) is 7.70. The minimum absolute atomic E-state index is 0.190. The molecule has 0 rings (SSSR count). The zero-order valence-corrected chi connectivity index (χ0v) is 13.6. The largest absolute Gasteiger partial charge is 0.404 e. The van der Waals surface area contributed by atoms with Crippen molar-refractivity contribution in [2.24, 2.45) is 11.8 Å². The maximum Gasteiger partial charge on any atom is 0.404 e. The van der Waals surface area contributed by atoms with E-state index in [1.54, 1.807) is 13.8 Å². The maximum atomic E-state index is 12.7. The predicted molar refractivity (Wildman–Crippen MR) is 78.4 cm³/mol. The first-order valence-electron chi connectivity index (χ1n) is 7.70. The van der Waals surface area contributed by atoms with Crippen LogP contribution in [-0.4, -0.2) is 45.2 Å². The second kappa shape index (κ2) is 11.3. The lowest BCUT2D eigenvalue weighted by atomic mass is 10.0. The van der Waals surface area contributed by atoms with E-state index in [9.17, 15) is 13.2 Å². The molecule has 1 N–H and O–H groups in total. The van der Waals surface area contributed by atoms with Gasteiger partial charge in [0.25, 0.3) is 0 Å². The van der Waals surface area contributed by atoms with Crippen molar-refractivity contribution in [1.82, 2.24) is 5.32 Å². The molecule has 0 aromatic rings. The average molecular weight is 313 g/mol. The van der Waals surface area contributed by atoms with Crippen LogP contribution in [0.1, 0.15) is 40.5 Å². The summed E-state index contributed by atoms with van der Waals surface area (Å²) >= 11 is 0. The summed E-state index contributed by atoms with van der Waals surface area (Å²) < 4.78 is 48.6. The Morgan fingerprint density at radius 3 is 1.95 bits per heavy atom. The van der Waals surface area contributed by atoms with Crippen molar-refractivity contribution in [2.45, 2.75) is 52.8 Å². The van der Waals surface area contributed by atoms with Gasteiger partial charge in [0, 0.05) is 13.2 Å². The molecule has 0 saturated carbocycles. The second-order valence-electron chi connectivity index (χ2n) is 5.98. The van der Waals surface area contributed by atoms with E-state index >= 15 is 0 Å². The van der Waals surface area contributed by atoms with E-state index in [4.69, 9.17) is 9.47 Å². The van der Waals surface area contributed by atoms with Crippen LogP contribution in [0.2, 0.25) is 0 Å². The van der Waals surface area contributed by atoms with Crippen molar-refractivity contribution in [3.8, 4) is 0 Å². The van der Waals surface area contributed by atoms with E-state index in [0.717, 1.165) is 12.8 Å². The minimum Gasteiger partial charge on any atom is -0.379 e. The molecule has 0 spiro atoms. The third kappa shape index (κ3) is 12.0. The quantitative estimate of drug-likeness (QED) is 0.558. The maximum absolute atomic E-state index is 12.7. The Hall–Kier alpha value is -0.330. The minimum atomic E-state index is -4.21. The van der Waals surface area contributed by atoms with E-state index in [0.29, 0.717) is 25.7 Å². The molecule has 128 valence electrons. The highest BCUT2D eigenvalue weighted by atomic mass is 19.4. The smallest absolute Gasteiger partial charge is 0.379 e. The Labute approximate surface area is 126 Å². The first kappa shape index (κ1) is 20.7. The van der Waals surface area contributed by atoms with Gasteiger partial charge in [-0.2, -0.15) is 13.2 Å². The Kier molecular flexibility index (Phi) is 11.1. The molecule has 1 unspecified atom stereocenters. The SMILES string of the molecule is CC(C)CCCOCCOCCNC(C(C)C)C(F)(F)F. The lowest BCUT2D eigenvalue weighted by Gasteiger charge is -2.24. The van der Waals surface area contributed by atoms with Crippen molar-refractivity contribution >= 4 is 0 Å². The van der Waals surface area contributed by atoms with Crippen molar-refractivity contribution < 1.29 is 22.6 Å². The van der Waals surface area contributed by atoms with Crippen LogP contribution in [0, 0.1) is 11.8 Å². The predicted octanol–water partition coefficient (Wildman–Crippen LogP) is 3.63. The molecule has 6 heteroatoms. The first-order chi connectivity index (χ1) is 9.75. The van der Waals surface area contributed by atoms with Crippen molar-refractivity contribution in [2.75, 3.05) is 33.0 Å². The molecule has 0 saturated heterocycles. The van der Waals surface area contributed by atoms with Gasteiger partial charge in [-0.05, 0) is 24.7 Å². The molecule has 3 nitrogen and oxygen atoms in total. The standard InChI is InChI=1S/C15H30F3NO2/c1-12(2)6-5-8-20-10-11-21-9-7-19-14(13(3)4)15(16,17)18/h12-14,19H,5-11H2,1-4H3. The fourth-order valence-corrected chi connectivity index (χ4v) is 1.93. The van der Waals surface area contributed by atoms with Crippen molar-refractivity contribution in [3.63, 3.8) is 0 Å². The molecule has 0 heterocycles. The number of ether oxygens (including phenoxy) is 2.